The topological polar surface area (TPSA) is 74.8 Å². The zero-order chi connectivity index (χ0) is 19.9. The normalized spacial score (nSPS) is 13.6. The maximum atomic E-state index is 12.7. The van der Waals surface area contributed by atoms with Gasteiger partial charge in [0.1, 0.15) is 10.7 Å². The predicted octanol–water partition coefficient (Wildman–Crippen LogP) is 3.71. The number of benzene rings is 1. The summed E-state index contributed by atoms with van der Waals surface area (Å²) in [6.45, 7) is 2.69. The van der Waals surface area contributed by atoms with Gasteiger partial charge < -0.3 is 19.9 Å². The van der Waals surface area contributed by atoms with Gasteiger partial charge in [-0.1, -0.05) is 11.6 Å². The van der Waals surface area contributed by atoms with E-state index in [9.17, 15) is 9.59 Å². The average molecular weight is 423 g/mol. The Morgan fingerprint density at radius 3 is 2.68 bits per heavy atom. The Bertz CT molecular complexity index is 806. The molecule has 1 N–H and O–H groups in total. The van der Waals surface area contributed by atoms with Crippen molar-refractivity contribution in [2.24, 2.45) is 0 Å². The number of halogens is 1. The van der Waals surface area contributed by atoms with Crippen LogP contribution in [-0.4, -0.2) is 60.1 Å². The van der Waals surface area contributed by atoms with Gasteiger partial charge in [0.05, 0.1) is 13.2 Å². The summed E-state index contributed by atoms with van der Waals surface area (Å²) in [7, 11) is 1.59. The Balaban J connectivity index is 1.65. The summed E-state index contributed by atoms with van der Waals surface area (Å²) in [5.41, 5.74) is 1.10. The van der Waals surface area contributed by atoms with Crippen LogP contribution >= 0.6 is 22.9 Å². The summed E-state index contributed by atoms with van der Waals surface area (Å²) in [5, 5.41) is 5.93. The minimum absolute atomic E-state index is 0.0333. The Kier molecular flexibility index (Phi) is 7.24. The highest BCUT2D eigenvalue weighted by atomic mass is 35.5. The Hall–Kier alpha value is -2.16. The number of amides is 3. The molecule has 28 heavy (non-hydrogen) atoms. The summed E-state index contributed by atoms with van der Waals surface area (Å²) in [4.78, 5) is 33.0. The Morgan fingerprint density at radius 1 is 1.29 bits per heavy atom. The zero-order valence-corrected chi connectivity index (χ0v) is 17.3. The molecule has 0 saturated carbocycles. The number of urea groups is 1. The molecule has 9 heteroatoms. The second-order valence-electron chi connectivity index (χ2n) is 6.48. The monoisotopic (exact) mass is 422 g/mol. The van der Waals surface area contributed by atoms with Crippen LogP contribution in [0, 0.1) is 0 Å². The molecule has 1 aliphatic rings. The number of carbonyl (C=O) groups is 2. The van der Waals surface area contributed by atoms with Gasteiger partial charge in [-0.15, -0.1) is 11.3 Å². The van der Waals surface area contributed by atoms with Gasteiger partial charge in [-0.05, 0) is 37.1 Å². The van der Waals surface area contributed by atoms with Gasteiger partial charge in [-0.2, -0.15) is 0 Å². The van der Waals surface area contributed by atoms with E-state index in [1.807, 2.05) is 4.90 Å². The lowest BCUT2D eigenvalue weighted by atomic mass is 10.3. The van der Waals surface area contributed by atoms with Crippen LogP contribution in [0.5, 0.6) is 0 Å². The molecule has 0 atom stereocenters. The van der Waals surface area contributed by atoms with E-state index in [1.54, 1.807) is 41.7 Å². The molecule has 7 nitrogen and oxygen atoms in total. The summed E-state index contributed by atoms with van der Waals surface area (Å²) in [6, 6.07) is 6.65. The first-order valence-corrected chi connectivity index (χ1v) is 10.4. The van der Waals surface area contributed by atoms with E-state index >= 15 is 0 Å². The maximum absolute atomic E-state index is 12.7. The molecular formula is C19H23ClN4O3S. The number of hydrogen-bond donors (Lipinski definition) is 1. The number of thiazole rings is 1. The number of nitrogens with zero attached hydrogens (tertiary/aromatic N) is 3. The fourth-order valence-electron chi connectivity index (χ4n) is 2.92. The van der Waals surface area contributed by atoms with Crippen LogP contribution in [0.3, 0.4) is 0 Å². The van der Waals surface area contributed by atoms with E-state index in [0.29, 0.717) is 41.1 Å². The van der Waals surface area contributed by atoms with Gasteiger partial charge in [0.25, 0.3) is 5.91 Å². The maximum Gasteiger partial charge on any atom is 0.322 e. The van der Waals surface area contributed by atoms with Crippen molar-refractivity contribution < 1.29 is 14.3 Å². The van der Waals surface area contributed by atoms with Crippen LogP contribution < -0.4 is 5.32 Å². The molecule has 3 amide bonds. The number of carbonyl (C=O) groups excluding carboxylic acids is 2. The van der Waals surface area contributed by atoms with Gasteiger partial charge in [0.15, 0.2) is 0 Å². The van der Waals surface area contributed by atoms with Crippen molar-refractivity contribution >= 4 is 40.6 Å². The molecule has 1 aromatic heterocycles. The Morgan fingerprint density at radius 2 is 2.00 bits per heavy atom. The summed E-state index contributed by atoms with van der Waals surface area (Å²) >= 11 is 7.27. The van der Waals surface area contributed by atoms with Crippen LogP contribution in [0.1, 0.15) is 28.3 Å². The van der Waals surface area contributed by atoms with Crippen molar-refractivity contribution in [2.45, 2.75) is 19.4 Å². The van der Waals surface area contributed by atoms with Crippen LogP contribution in [0.2, 0.25) is 5.02 Å². The standard InChI is InChI=1S/C19H23ClN4O3S/c1-27-11-10-24(19(26)21-15-6-4-14(20)5-7-15)12-17-22-16(13-28-17)18(25)23-8-2-3-9-23/h4-7,13H,2-3,8-12H2,1H3,(H,21,26). The van der Waals surface area contributed by atoms with E-state index in [-0.39, 0.29) is 11.9 Å². The van der Waals surface area contributed by atoms with Crippen LogP contribution in [0.25, 0.3) is 0 Å². The number of nitrogens with one attached hydrogen (secondary N) is 1. The molecule has 1 saturated heterocycles. The first-order valence-electron chi connectivity index (χ1n) is 9.11. The second-order valence-corrected chi connectivity index (χ2v) is 7.86. The van der Waals surface area contributed by atoms with Crippen molar-refractivity contribution in [3.05, 3.63) is 45.4 Å². The third kappa shape index (κ3) is 5.43. The molecule has 0 bridgehead atoms. The van der Waals surface area contributed by atoms with Gasteiger partial charge in [0.2, 0.25) is 0 Å². The average Bonchev–Trinajstić information content (AvgIpc) is 3.38. The van der Waals surface area contributed by atoms with E-state index < -0.39 is 0 Å². The number of likely N-dealkylation sites (tertiary alicyclic amines) is 1. The van der Waals surface area contributed by atoms with Crippen molar-refractivity contribution in [3.8, 4) is 0 Å². The van der Waals surface area contributed by atoms with Crippen molar-refractivity contribution in [1.82, 2.24) is 14.8 Å². The van der Waals surface area contributed by atoms with Gasteiger partial charge >= 0.3 is 6.03 Å². The van der Waals surface area contributed by atoms with Crippen molar-refractivity contribution in [1.29, 1.82) is 0 Å². The van der Waals surface area contributed by atoms with E-state index in [1.165, 1.54) is 11.3 Å². The molecule has 0 radical (unpaired) electrons. The highest BCUT2D eigenvalue weighted by Gasteiger charge is 2.23. The summed E-state index contributed by atoms with van der Waals surface area (Å²) in [5.74, 6) is -0.0333. The molecule has 1 aromatic carbocycles. The quantitative estimate of drug-likeness (QED) is 0.738. The highest BCUT2D eigenvalue weighted by Crippen LogP contribution is 2.18. The molecule has 0 unspecified atom stereocenters. The fourth-order valence-corrected chi connectivity index (χ4v) is 3.83. The molecule has 150 valence electrons. The van der Waals surface area contributed by atoms with Crippen molar-refractivity contribution in [3.63, 3.8) is 0 Å². The summed E-state index contributed by atoms with van der Waals surface area (Å²) in [6.07, 6.45) is 2.08. The first-order chi connectivity index (χ1) is 13.6. The van der Waals surface area contributed by atoms with Gasteiger partial charge in [-0.25, -0.2) is 9.78 Å². The lowest BCUT2D eigenvalue weighted by Gasteiger charge is -2.22. The minimum atomic E-state index is -0.262. The predicted molar refractivity (Wildman–Crippen MR) is 110 cm³/mol. The highest BCUT2D eigenvalue weighted by molar-refractivity contribution is 7.09. The lowest BCUT2D eigenvalue weighted by molar-refractivity contribution is 0.0787. The third-order valence-electron chi connectivity index (χ3n) is 4.44. The van der Waals surface area contributed by atoms with E-state index in [0.717, 1.165) is 25.9 Å². The number of rotatable bonds is 7. The third-order valence-corrected chi connectivity index (χ3v) is 5.52. The largest absolute Gasteiger partial charge is 0.383 e. The molecular weight excluding hydrogens is 400 g/mol. The van der Waals surface area contributed by atoms with Crippen molar-refractivity contribution in [2.75, 3.05) is 38.7 Å². The van der Waals surface area contributed by atoms with Gasteiger partial charge in [0, 0.05) is 42.8 Å². The van der Waals surface area contributed by atoms with Gasteiger partial charge in [-0.3, -0.25) is 4.79 Å². The van der Waals surface area contributed by atoms with E-state index in [2.05, 4.69) is 10.3 Å². The van der Waals surface area contributed by atoms with Crippen LogP contribution in [0.4, 0.5) is 10.5 Å². The number of aromatic nitrogens is 1. The number of ether oxygens (including phenoxy) is 1. The Labute approximate surface area is 173 Å². The molecule has 1 fully saturated rings. The number of hydrogen-bond acceptors (Lipinski definition) is 5. The summed E-state index contributed by atoms with van der Waals surface area (Å²) < 4.78 is 5.12. The van der Waals surface area contributed by atoms with Crippen LogP contribution in [-0.2, 0) is 11.3 Å². The number of anilines is 1. The molecule has 3 rings (SSSR count). The molecule has 0 aliphatic carbocycles. The SMILES string of the molecule is COCCN(Cc1nc(C(=O)N2CCCC2)cs1)C(=O)Nc1ccc(Cl)cc1. The molecule has 0 spiro atoms. The zero-order valence-electron chi connectivity index (χ0n) is 15.7. The lowest BCUT2D eigenvalue weighted by Crippen LogP contribution is -2.36. The second kappa shape index (κ2) is 9.86. The first kappa shape index (κ1) is 20.6. The fraction of sp³-hybridized carbons (Fsp3) is 0.421. The number of methoxy groups -OCH3 is 1. The molecule has 1 aliphatic heterocycles. The minimum Gasteiger partial charge on any atom is -0.383 e. The van der Waals surface area contributed by atoms with Crippen LogP contribution in [0.15, 0.2) is 29.6 Å². The van der Waals surface area contributed by atoms with E-state index in [4.69, 9.17) is 16.3 Å². The molecule has 2 heterocycles. The smallest absolute Gasteiger partial charge is 0.322 e. The molecule has 2 aromatic rings.